The van der Waals surface area contributed by atoms with Crippen LogP contribution in [0.3, 0.4) is 0 Å². The lowest BCUT2D eigenvalue weighted by atomic mass is 9.84. The summed E-state index contributed by atoms with van der Waals surface area (Å²) in [5.74, 6) is -0.0310. The second-order valence-corrected chi connectivity index (χ2v) is 11.7. The second kappa shape index (κ2) is 12.9. The standard InChI is InChI=1S/C34H36FN5O4/c1-22-7-6-8-25(19-22)36-33(42)38-31-32(41)40(17-18-44-34(43)39-20-23-13-14-24(21-39)16-15-23)29-12-5-3-10-27(29)30(37-31)26-9-2-4-11-28(26)35/h2-12,19,23-24,31H,13-18,20-21H2,1H3,(H2,36,38,42). The molecule has 3 aromatic rings. The van der Waals surface area contributed by atoms with Gasteiger partial charge in [-0.25, -0.2) is 19.0 Å². The fourth-order valence-electron chi connectivity index (χ4n) is 6.40. The van der Waals surface area contributed by atoms with Crippen LogP contribution in [0.2, 0.25) is 0 Å². The molecule has 3 aromatic carbocycles. The summed E-state index contributed by atoms with van der Waals surface area (Å²) in [7, 11) is 0. The first-order chi connectivity index (χ1) is 21.4. The number of halogens is 1. The molecule has 0 radical (unpaired) electrons. The zero-order chi connectivity index (χ0) is 30.6. The number of aliphatic imine (C=N–C) groups is 1. The van der Waals surface area contributed by atoms with Gasteiger partial charge < -0.3 is 25.2 Å². The number of urea groups is 1. The monoisotopic (exact) mass is 597 g/mol. The van der Waals surface area contributed by atoms with E-state index >= 15 is 4.39 Å². The number of para-hydroxylation sites is 1. The molecule has 44 heavy (non-hydrogen) atoms. The van der Waals surface area contributed by atoms with E-state index in [0.717, 1.165) is 31.2 Å². The van der Waals surface area contributed by atoms with Crippen LogP contribution in [0.4, 0.5) is 25.4 Å². The number of rotatable bonds is 6. The van der Waals surface area contributed by atoms with Crippen molar-refractivity contribution >= 4 is 35.1 Å². The molecule has 3 fully saturated rings. The number of ether oxygens (including phenoxy) is 1. The Kier molecular flexibility index (Phi) is 8.58. The number of hydrogen-bond acceptors (Lipinski definition) is 5. The van der Waals surface area contributed by atoms with Crippen LogP contribution in [-0.2, 0) is 9.53 Å². The average Bonchev–Trinajstić information content (AvgIpc) is 3.40. The molecule has 1 unspecified atom stereocenters. The molecule has 3 aliphatic heterocycles. The SMILES string of the molecule is Cc1cccc(NC(=O)NC2N=C(c3ccccc3F)c3ccccc3N(CCOC(=O)N3CC4CCC(CC4)C3)C2=O)c1. The highest BCUT2D eigenvalue weighted by atomic mass is 19.1. The van der Waals surface area contributed by atoms with Gasteiger partial charge >= 0.3 is 12.1 Å². The minimum atomic E-state index is -1.38. The van der Waals surface area contributed by atoms with Crippen LogP contribution in [0.15, 0.2) is 77.8 Å². The molecule has 1 saturated carbocycles. The Bertz CT molecular complexity index is 1570. The number of aryl methyl sites for hydroxylation is 1. The minimum absolute atomic E-state index is 0.0278. The van der Waals surface area contributed by atoms with Crippen molar-refractivity contribution in [1.29, 1.82) is 0 Å². The summed E-state index contributed by atoms with van der Waals surface area (Å²) in [5.41, 5.74) is 2.93. The average molecular weight is 598 g/mol. The molecule has 4 aliphatic rings. The van der Waals surface area contributed by atoms with Gasteiger partial charge in [-0.2, -0.15) is 0 Å². The predicted octanol–water partition coefficient (Wildman–Crippen LogP) is 5.72. The summed E-state index contributed by atoms with van der Waals surface area (Å²) < 4.78 is 20.8. The summed E-state index contributed by atoms with van der Waals surface area (Å²) in [6, 6.07) is 19.9. The maximum Gasteiger partial charge on any atom is 0.409 e. The second-order valence-electron chi connectivity index (χ2n) is 11.7. The van der Waals surface area contributed by atoms with Gasteiger partial charge in [0, 0.05) is 29.9 Å². The molecule has 7 rings (SSSR count). The number of carbonyl (C=O) groups excluding carboxylic acids is 3. The third-order valence-electron chi connectivity index (χ3n) is 8.60. The van der Waals surface area contributed by atoms with E-state index in [2.05, 4.69) is 15.6 Å². The van der Waals surface area contributed by atoms with E-state index in [9.17, 15) is 14.4 Å². The summed E-state index contributed by atoms with van der Waals surface area (Å²) in [4.78, 5) is 48.1. The molecule has 1 aliphatic carbocycles. The number of nitrogens with one attached hydrogen (secondary N) is 2. The van der Waals surface area contributed by atoms with Gasteiger partial charge in [-0.3, -0.25) is 4.79 Å². The van der Waals surface area contributed by atoms with Gasteiger partial charge in [-0.15, -0.1) is 0 Å². The Labute approximate surface area is 256 Å². The Morgan fingerprint density at radius 2 is 1.61 bits per heavy atom. The predicted molar refractivity (Wildman–Crippen MR) is 166 cm³/mol. The first kappa shape index (κ1) is 29.3. The van der Waals surface area contributed by atoms with Gasteiger partial charge in [-0.05, 0) is 80.3 Å². The Morgan fingerprint density at radius 3 is 2.32 bits per heavy atom. The lowest BCUT2D eigenvalue weighted by molar-refractivity contribution is -0.120. The summed E-state index contributed by atoms with van der Waals surface area (Å²) in [5, 5.41) is 5.41. The minimum Gasteiger partial charge on any atom is -0.448 e. The maximum atomic E-state index is 15.1. The van der Waals surface area contributed by atoms with E-state index in [1.54, 1.807) is 59.5 Å². The fourth-order valence-corrected chi connectivity index (χ4v) is 6.40. The van der Waals surface area contributed by atoms with E-state index in [1.807, 2.05) is 19.1 Å². The molecule has 0 aromatic heterocycles. The Hall–Kier alpha value is -4.73. The number of fused-ring (bicyclic) bond motifs is 5. The van der Waals surface area contributed by atoms with E-state index in [1.165, 1.54) is 11.0 Å². The maximum absolute atomic E-state index is 15.1. The van der Waals surface area contributed by atoms with Crippen LogP contribution >= 0.6 is 0 Å². The van der Waals surface area contributed by atoms with Crippen molar-refractivity contribution < 1.29 is 23.5 Å². The quantitative estimate of drug-likeness (QED) is 0.379. The molecule has 3 heterocycles. The van der Waals surface area contributed by atoms with Crippen LogP contribution in [-0.4, -0.2) is 61.1 Å². The van der Waals surface area contributed by atoms with E-state index in [-0.39, 0.29) is 30.5 Å². The number of nitrogens with zero attached hydrogens (tertiary/aromatic N) is 3. The molecular weight excluding hydrogens is 561 g/mol. The van der Waals surface area contributed by atoms with E-state index in [4.69, 9.17) is 4.74 Å². The van der Waals surface area contributed by atoms with Crippen molar-refractivity contribution in [1.82, 2.24) is 10.2 Å². The normalized spacial score (nSPS) is 21.1. The summed E-state index contributed by atoms with van der Waals surface area (Å²) in [6.07, 6.45) is 2.81. The first-order valence-electron chi connectivity index (χ1n) is 15.1. The number of hydrogen-bond donors (Lipinski definition) is 2. The fraction of sp³-hybridized carbons (Fsp3) is 0.353. The highest BCUT2D eigenvalue weighted by Gasteiger charge is 2.35. The molecule has 228 valence electrons. The van der Waals surface area contributed by atoms with Crippen molar-refractivity contribution in [2.45, 2.75) is 38.8 Å². The highest BCUT2D eigenvalue weighted by molar-refractivity contribution is 6.20. The number of carbonyl (C=O) groups is 3. The summed E-state index contributed by atoms with van der Waals surface area (Å²) >= 11 is 0. The van der Waals surface area contributed by atoms with Crippen molar-refractivity contribution in [2.24, 2.45) is 16.8 Å². The lowest BCUT2D eigenvalue weighted by Crippen LogP contribution is -2.49. The van der Waals surface area contributed by atoms with E-state index < -0.39 is 23.9 Å². The smallest absolute Gasteiger partial charge is 0.409 e. The van der Waals surface area contributed by atoms with Crippen LogP contribution in [0, 0.1) is 24.6 Å². The molecule has 4 amide bonds. The number of benzene rings is 3. The molecule has 1 atom stereocenters. The van der Waals surface area contributed by atoms with Gasteiger partial charge in [-0.1, -0.05) is 42.5 Å². The van der Waals surface area contributed by atoms with Gasteiger partial charge in [0.15, 0.2) is 0 Å². The van der Waals surface area contributed by atoms with Gasteiger partial charge in [0.2, 0.25) is 6.17 Å². The lowest BCUT2D eigenvalue weighted by Gasteiger charge is -2.26. The van der Waals surface area contributed by atoms with Gasteiger partial charge in [0.1, 0.15) is 12.4 Å². The molecule has 2 saturated heterocycles. The molecule has 2 N–H and O–H groups in total. The topological polar surface area (TPSA) is 103 Å². The molecular formula is C34H36FN5O4. The molecule has 2 bridgehead atoms. The van der Waals surface area contributed by atoms with Crippen molar-refractivity contribution in [2.75, 3.05) is 36.5 Å². The van der Waals surface area contributed by atoms with Crippen LogP contribution < -0.4 is 15.5 Å². The van der Waals surface area contributed by atoms with Crippen LogP contribution in [0.25, 0.3) is 0 Å². The van der Waals surface area contributed by atoms with E-state index in [0.29, 0.717) is 41.9 Å². The van der Waals surface area contributed by atoms with Crippen molar-refractivity contribution in [3.63, 3.8) is 0 Å². The zero-order valence-corrected chi connectivity index (χ0v) is 24.7. The van der Waals surface area contributed by atoms with Crippen molar-refractivity contribution in [3.05, 3.63) is 95.3 Å². The van der Waals surface area contributed by atoms with Crippen molar-refractivity contribution in [3.8, 4) is 0 Å². The Balaban J connectivity index is 1.26. The number of amides is 4. The highest BCUT2D eigenvalue weighted by Crippen LogP contribution is 2.34. The third-order valence-corrected chi connectivity index (χ3v) is 8.60. The molecule has 10 heteroatoms. The third kappa shape index (κ3) is 6.44. The Morgan fingerprint density at radius 1 is 0.932 bits per heavy atom. The number of benzodiazepines with no additional fused rings is 1. The van der Waals surface area contributed by atoms with Crippen LogP contribution in [0.5, 0.6) is 0 Å². The largest absolute Gasteiger partial charge is 0.448 e. The van der Waals surface area contributed by atoms with Gasteiger partial charge in [0.25, 0.3) is 5.91 Å². The van der Waals surface area contributed by atoms with Gasteiger partial charge in [0.05, 0.1) is 17.9 Å². The molecule has 9 nitrogen and oxygen atoms in total. The molecule has 0 spiro atoms. The number of anilines is 2. The summed E-state index contributed by atoms with van der Waals surface area (Å²) in [6.45, 7) is 3.27. The van der Waals surface area contributed by atoms with Crippen LogP contribution in [0.1, 0.15) is 42.4 Å². The first-order valence-corrected chi connectivity index (χ1v) is 15.1. The zero-order valence-electron chi connectivity index (χ0n) is 24.7.